The molecular formula is C7H15NOS. The fraction of sp³-hybridized carbons (Fsp3) is 0.714. The van der Waals surface area contributed by atoms with Crippen molar-refractivity contribution in [2.24, 2.45) is 0 Å². The Hall–Kier alpha value is -0.150. The van der Waals surface area contributed by atoms with Gasteiger partial charge in [-0.15, -0.1) is 0 Å². The zero-order chi connectivity index (χ0) is 7.82. The van der Waals surface area contributed by atoms with Gasteiger partial charge in [-0.1, -0.05) is 19.1 Å². The summed E-state index contributed by atoms with van der Waals surface area (Å²) < 4.78 is 13.6. The van der Waals surface area contributed by atoms with Crippen molar-refractivity contribution in [3.05, 3.63) is 12.2 Å². The van der Waals surface area contributed by atoms with Crippen molar-refractivity contribution in [2.45, 2.75) is 20.3 Å². The molecule has 0 fully saturated rings. The van der Waals surface area contributed by atoms with E-state index in [2.05, 4.69) is 10.8 Å². The van der Waals surface area contributed by atoms with Gasteiger partial charge < -0.3 is 0 Å². The van der Waals surface area contributed by atoms with Crippen molar-refractivity contribution in [2.75, 3.05) is 12.3 Å². The quantitative estimate of drug-likeness (QED) is 0.477. The Morgan fingerprint density at radius 2 is 2.30 bits per heavy atom. The largest absolute Gasteiger partial charge is 0.243 e. The summed E-state index contributed by atoms with van der Waals surface area (Å²) in [6, 6.07) is 0. The minimum Gasteiger partial charge on any atom is -0.243 e. The number of hydrogen-bond acceptors (Lipinski definition) is 1. The zero-order valence-electron chi connectivity index (χ0n) is 6.59. The van der Waals surface area contributed by atoms with Crippen LogP contribution in [0.1, 0.15) is 20.3 Å². The average Bonchev–Trinajstić information content (AvgIpc) is 1.98. The molecule has 60 valence electrons. The molecule has 1 N–H and O–H groups in total. The van der Waals surface area contributed by atoms with Gasteiger partial charge in [0.25, 0.3) is 0 Å². The maximum Gasteiger partial charge on any atom is 0.0912 e. The predicted octanol–water partition coefficient (Wildman–Crippen LogP) is 1.23. The molecule has 0 aromatic heterocycles. The second-order valence-electron chi connectivity index (χ2n) is 1.89. The van der Waals surface area contributed by atoms with Crippen LogP contribution in [-0.4, -0.2) is 16.5 Å². The van der Waals surface area contributed by atoms with E-state index >= 15 is 0 Å². The SMILES string of the molecule is C/C=C/CCNS(=O)CC. The van der Waals surface area contributed by atoms with Crippen LogP contribution < -0.4 is 4.72 Å². The summed E-state index contributed by atoms with van der Waals surface area (Å²) in [5, 5.41) is 0. The van der Waals surface area contributed by atoms with Crippen LogP contribution in [0.25, 0.3) is 0 Å². The van der Waals surface area contributed by atoms with E-state index in [1.165, 1.54) is 0 Å². The first-order valence-electron chi connectivity index (χ1n) is 3.54. The van der Waals surface area contributed by atoms with E-state index in [4.69, 9.17) is 0 Å². The van der Waals surface area contributed by atoms with Crippen LogP contribution in [0.3, 0.4) is 0 Å². The van der Waals surface area contributed by atoms with Crippen molar-refractivity contribution >= 4 is 11.0 Å². The van der Waals surface area contributed by atoms with Gasteiger partial charge in [0.1, 0.15) is 0 Å². The molecule has 0 spiro atoms. The van der Waals surface area contributed by atoms with Crippen molar-refractivity contribution in [3.63, 3.8) is 0 Å². The highest BCUT2D eigenvalue weighted by Crippen LogP contribution is 1.81. The monoisotopic (exact) mass is 161 g/mol. The van der Waals surface area contributed by atoms with Crippen molar-refractivity contribution in [3.8, 4) is 0 Å². The fourth-order valence-corrected chi connectivity index (χ4v) is 1.07. The van der Waals surface area contributed by atoms with Crippen LogP contribution in [-0.2, 0) is 11.0 Å². The van der Waals surface area contributed by atoms with E-state index in [1.807, 2.05) is 19.9 Å². The Bertz CT molecular complexity index is 123. The Morgan fingerprint density at radius 3 is 2.80 bits per heavy atom. The molecule has 0 aromatic rings. The Balaban J connectivity index is 3.11. The Morgan fingerprint density at radius 1 is 1.60 bits per heavy atom. The normalized spacial score (nSPS) is 14.2. The second-order valence-corrected chi connectivity index (χ2v) is 3.44. The topological polar surface area (TPSA) is 29.1 Å². The van der Waals surface area contributed by atoms with Gasteiger partial charge in [-0.05, 0) is 13.3 Å². The lowest BCUT2D eigenvalue weighted by atomic mass is 10.4. The number of rotatable bonds is 5. The Labute approximate surface area is 65.3 Å². The molecular weight excluding hydrogens is 146 g/mol. The molecule has 1 atom stereocenters. The molecule has 0 aliphatic heterocycles. The molecule has 0 saturated carbocycles. The molecule has 0 aliphatic rings. The lowest BCUT2D eigenvalue weighted by Gasteiger charge is -1.97. The molecule has 10 heavy (non-hydrogen) atoms. The first-order valence-corrected chi connectivity index (χ1v) is 4.86. The summed E-state index contributed by atoms with van der Waals surface area (Å²) in [6.45, 7) is 4.69. The zero-order valence-corrected chi connectivity index (χ0v) is 7.41. The van der Waals surface area contributed by atoms with Crippen LogP contribution >= 0.6 is 0 Å². The second kappa shape index (κ2) is 6.96. The highest BCUT2D eigenvalue weighted by Gasteiger charge is 1.89. The smallest absolute Gasteiger partial charge is 0.0912 e. The molecule has 2 nitrogen and oxygen atoms in total. The molecule has 0 heterocycles. The molecule has 0 amide bonds. The molecule has 0 aliphatic carbocycles. The molecule has 1 unspecified atom stereocenters. The van der Waals surface area contributed by atoms with E-state index in [0.717, 1.165) is 13.0 Å². The van der Waals surface area contributed by atoms with E-state index in [1.54, 1.807) is 0 Å². The van der Waals surface area contributed by atoms with E-state index in [-0.39, 0.29) is 0 Å². The third-order valence-electron chi connectivity index (χ3n) is 1.07. The summed E-state index contributed by atoms with van der Waals surface area (Å²) in [6.07, 6.45) is 5.01. The van der Waals surface area contributed by atoms with Gasteiger partial charge in [-0.3, -0.25) is 0 Å². The lowest BCUT2D eigenvalue weighted by Crippen LogP contribution is -2.19. The third kappa shape index (κ3) is 5.98. The standard InChI is InChI=1S/C7H15NOS/c1-3-5-6-7-8-10(9)4-2/h3,5,8H,4,6-7H2,1-2H3/b5-3+. The minimum absolute atomic E-state index is 0.690. The number of hydrogen-bond donors (Lipinski definition) is 1. The molecule has 0 aromatic carbocycles. The van der Waals surface area contributed by atoms with Crippen LogP contribution in [0, 0.1) is 0 Å². The molecule has 0 rings (SSSR count). The summed E-state index contributed by atoms with van der Waals surface area (Å²) in [5.41, 5.74) is 0. The summed E-state index contributed by atoms with van der Waals surface area (Å²) in [7, 11) is -0.814. The Kier molecular flexibility index (Phi) is 6.86. The predicted molar refractivity (Wildman–Crippen MR) is 46.1 cm³/mol. The van der Waals surface area contributed by atoms with Gasteiger partial charge in [0.15, 0.2) is 0 Å². The summed E-state index contributed by atoms with van der Waals surface area (Å²) in [4.78, 5) is 0. The van der Waals surface area contributed by atoms with Gasteiger partial charge >= 0.3 is 0 Å². The van der Waals surface area contributed by atoms with Gasteiger partial charge in [0, 0.05) is 12.3 Å². The molecule has 0 radical (unpaired) electrons. The van der Waals surface area contributed by atoms with Crippen LogP contribution in [0.4, 0.5) is 0 Å². The summed E-state index contributed by atoms with van der Waals surface area (Å²) >= 11 is 0. The van der Waals surface area contributed by atoms with Crippen LogP contribution in [0.5, 0.6) is 0 Å². The van der Waals surface area contributed by atoms with E-state index < -0.39 is 11.0 Å². The molecule has 3 heteroatoms. The highest BCUT2D eigenvalue weighted by molar-refractivity contribution is 7.82. The van der Waals surface area contributed by atoms with Crippen molar-refractivity contribution in [1.29, 1.82) is 0 Å². The maximum absolute atomic E-state index is 10.8. The van der Waals surface area contributed by atoms with Gasteiger partial charge in [-0.2, -0.15) is 0 Å². The maximum atomic E-state index is 10.8. The molecule has 0 bridgehead atoms. The fourth-order valence-electron chi connectivity index (χ4n) is 0.525. The van der Waals surface area contributed by atoms with E-state index in [0.29, 0.717) is 5.75 Å². The minimum atomic E-state index is -0.814. The third-order valence-corrected chi connectivity index (χ3v) is 2.12. The van der Waals surface area contributed by atoms with Gasteiger partial charge in [0.05, 0.1) is 11.0 Å². The molecule has 0 saturated heterocycles. The first kappa shape index (κ1) is 9.85. The van der Waals surface area contributed by atoms with Crippen LogP contribution in [0.2, 0.25) is 0 Å². The number of nitrogens with one attached hydrogen (secondary N) is 1. The van der Waals surface area contributed by atoms with Crippen molar-refractivity contribution in [1.82, 2.24) is 4.72 Å². The van der Waals surface area contributed by atoms with Crippen LogP contribution in [0.15, 0.2) is 12.2 Å². The highest BCUT2D eigenvalue weighted by atomic mass is 32.2. The van der Waals surface area contributed by atoms with Crippen molar-refractivity contribution < 1.29 is 4.21 Å². The average molecular weight is 161 g/mol. The van der Waals surface area contributed by atoms with Gasteiger partial charge in [-0.25, -0.2) is 8.93 Å². The summed E-state index contributed by atoms with van der Waals surface area (Å²) in [5.74, 6) is 0.690. The first-order chi connectivity index (χ1) is 4.81. The lowest BCUT2D eigenvalue weighted by molar-refractivity contribution is 0.673. The van der Waals surface area contributed by atoms with Gasteiger partial charge in [0.2, 0.25) is 0 Å². The van der Waals surface area contributed by atoms with E-state index in [9.17, 15) is 4.21 Å². The number of allylic oxidation sites excluding steroid dienone is 1.